The smallest absolute Gasteiger partial charge is 0.259 e. The Morgan fingerprint density at radius 3 is 2.59 bits per heavy atom. The van der Waals surface area contributed by atoms with E-state index in [4.69, 9.17) is 11.6 Å². The van der Waals surface area contributed by atoms with Crippen LogP contribution in [0.25, 0.3) is 0 Å². The van der Waals surface area contributed by atoms with E-state index in [2.05, 4.69) is 20.9 Å². The molecule has 96 valence electrons. The van der Waals surface area contributed by atoms with Gasteiger partial charge in [-0.3, -0.25) is 4.98 Å². The first kappa shape index (κ1) is 14.8. The molecule has 0 aliphatic heterocycles. The Hall–Kier alpha value is -0.290. The van der Waals surface area contributed by atoms with Crippen LogP contribution in [0.15, 0.2) is 12.3 Å². The molecule has 0 amide bonds. The Morgan fingerprint density at radius 1 is 1.47 bits per heavy atom. The average Bonchev–Trinajstić information content (AvgIpc) is 2.20. The first-order valence-electron chi connectivity index (χ1n) is 5.20. The minimum Gasteiger partial charge on any atom is -0.259 e. The highest BCUT2D eigenvalue weighted by Gasteiger charge is 2.31. The van der Waals surface area contributed by atoms with Gasteiger partial charge in [0.2, 0.25) is 0 Å². The summed E-state index contributed by atoms with van der Waals surface area (Å²) in [5, 5.41) is 0.0698. The van der Waals surface area contributed by atoms with Crippen LogP contribution in [-0.4, -0.2) is 9.81 Å². The topological polar surface area (TPSA) is 12.9 Å². The summed E-state index contributed by atoms with van der Waals surface area (Å²) < 4.78 is 37.1. The monoisotopic (exact) mass is 329 g/mol. The molecule has 1 rings (SSSR count). The van der Waals surface area contributed by atoms with Crippen molar-refractivity contribution in [3.05, 3.63) is 28.5 Å². The van der Waals surface area contributed by atoms with Crippen LogP contribution in [0.3, 0.4) is 0 Å². The van der Waals surface area contributed by atoms with E-state index in [-0.39, 0.29) is 9.85 Å². The maximum atomic E-state index is 12.4. The Morgan fingerprint density at radius 2 is 2.12 bits per heavy atom. The molecule has 1 nitrogen and oxygen atoms in total. The number of rotatable bonds is 4. The molecule has 0 saturated carbocycles. The molecule has 0 saturated heterocycles. The van der Waals surface area contributed by atoms with Crippen molar-refractivity contribution in [3.63, 3.8) is 0 Å². The lowest BCUT2D eigenvalue weighted by molar-refractivity contribution is -0.137. The maximum absolute atomic E-state index is 12.4. The Labute approximate surface area is 112 Å². The normalized spacial score (nSPS) is 13.8. The van der Waals surface area contributed by atoms with E-state index in [9.17, 15) is 13.2 Å². The number of halogens is 5. The van der Waals surface area contributed by atoms with Crippen LogP contribution in [0.1, 0.15) is 31.0 Å². The number of alkyl halides is 4. The lowest BCUT2D eigenvalue weighted by Gasteiger charge is -2.11. The third-order valence-corrected chi connectivity index (χ3v) is 3.37. The zero-order valence-corrected chi connectivity index (χ0v) is 11.5. The lowest BCUT2D eigenvalue weighted by atomic mass is 10.1. The van der Waals surface area contributed by atoms with E-state index >= 15 is 0 Å². The van der Waals surface area contributed by atoms with Gasteiger partial charge in [0.05, 0.1) is 16.3 Å². The number of pyridine rings is 1. The van der Waals surface area contributed by atoms with Crippen molar-refractivity contribution in [2.24, 2.45) is 0 Å². The zero-order chi connectivity index (χ0) is 13.1. The number of hydrogen-bond acceptors (Lipinski definition) is 1. The molecule has 0 bridgehead atoms. The van der Waals surface area contributed by atoms with E-state index in [1.165, 1.54) is 0 Å². The second-order valence-corrected chi connectivity index (χ2v) is 5.44. The van der Waals surface area contributed by atoms with Crippen LogP contribution in [0.5, 0.6) is 0 Å². The lowest BCUT2D eigenvalue weighted by Crippen LogP contribution is -2.09. The first-order chi connectivity index (χ1) is 7.84. The van der Waals surface area contributed by atoms with E-state index in [0.29, 0.717) is 12.1 Å². The second kappa shape index (κ2) is 6.05. The molecule has 0 aromatic carbocycles. The van der Waals surface area contributed by atoms with Crippen molar-refractivity contribution >= 4 is 27.5 Å². The largest absolute Gasteiger partial charge is 0.417 e. The molecule has 0 aliphatic rings. The van der Waals surface area contributed by atoms with Gasteiger partial charge in [0.25, 0.3) is 0 Å². The highest BCUT2D eigenvalue weighted by molar-refractivity contribution is 9.09. The van der Waals surface area contributed by atoms with Gasteiger partial charge >= 0.3 is 6.18 Å². The fraction of sp³-hybridized carbons (Fsp3) is 0.545. The maximum Gasteiger partial charge on any atom is 0.417 e. The third kappa shape index (κ3) is 4.47. The Kier molecular flexibility index (Phi) is 5.25. The van der Waals surface area contributed by atoms with Crippen LogP contribution >= 0.6 is 27.5 Å². The summed E-state index contributed by atoms with van der Waals surface area (Å²) in [6.45, 7) is 2.04. The Bertz CT molecular complexity index is 381. The van der Waals surface area contributed by atoms with E-state index < -0.39 is 11.7 Å². The van der Waals surface area contributed by atoms with Crippen molar-refractivity contribution in [1.82, 2.24) is 4.98 Å². The molecule has 0 radical (unpaired) electrons. The summed E-state index contributed by atoms with van der Waals surface area (Å²) in [5.41, 5.74) is -0.317. The highest BCUT2D eigenvalue weighted by Crippen LogP contribution is 2.31. The van der Waals surface area contributed by atoms with Gasteiger partial charge in [-0.05, 0) is 12.5 Å². The molecule has 0 spiro atoms. The Balaban J connectivity index is 2.83. The van der Waals surface area contributed by atoms with Crippen LogP contribution in [0, 0.1) is 0 Å². The number of hydrogen-bond donors (Lipinski definition) is 0. The van der Waals surface area contributed by atoms with Gasteiger partial charge in [0.15, 0.2) is 0 Å². The van der Waals surface area contributed by atoms with Gasteiger partial charge in [0.1, 0.15) is 0 Å². The average molecular weight is 331 g/mol. The molecule has 1 unspecified atom stereocenters. The van der Waals surface area contributed by atoms with Crippen molar-refractivity contribution < 1.29 is 13.2 Å². The van der Waals surface area contributed by atoms with Crippen molar-refractivity contribution in [2.75, 3.05) is 0 Å². The van der Waals surface area contributed by atoms with Crippen LogP contribution < -0.4 is 0 Å². The van der Waals surface area contributed by atoms with E-state index in [1.54, 1.807) is 0 Å². The molecule has 17 heavy (non-hydrogen) atoms. The number of aromatic nitrogens is 1. The molecule has 0 fully saturated rings. The molecule has 0 N–H and O–H groups in total. The third-order valence-electron chi connectivity index (χ3n) is 2.26. The van der Waals surface area contributed by atoms with Crippen molar-refractivity contribution in [2.45, 2.75) is 37.2 Å². The first-order valence-corrected chi connectivity index (χ1v) is 6.49. The molecular weight excluding hydrogens is 318 g/mol. The summed E-state index contributed by atoms with van der Waals surface area (Å²) in [4.78, 5) is 3.97. The van der Waals surface area contributed by atoms with E-state index in [1.807, 2.05) is 6.92 Å². The molecule has 1 atom stereocenters. The molecule has 6 heteroatoms. The van der Waals surface area contributed by atoms with Crippen molar-refractivity contribution in [1.29, 1.82) is 0 Å². The fourth-order valence-corrected chi connectivity index (χ4v) is 2.40. The summed E-state index contributed by atoms with van der Waals surface area (Å²) in [6, 6.07) is 0.926. The predicted octanol–water partition coefficient (Wildman–Crippen LogP) is 4.86. The number of nitrogens with zero attached hydrogens (tertiary/aromatic N) is 1. The summed E-state index contributed by atoms with van der Waals surface area (Å²) in [6.07, 6.45) is -1.11. The second-order valence-electron chi connectivity index (χ2n) is 3.74. The van der Waals surface area contributed by atoms with Crippen LogP contribution in [0.4, 0.5) is 13.2 Å². The SMILES string of the molecule is CCCC(Br)Cc1ncc(C(F)(F)F)cc1Cl. The minimum atomic E-state index is -4.40. The van der Waals surface area contributed by atoms with Crippen molar-refractivity contribution in [3.8, 4) is 0 Å². The highest BCUT2D eigenvalue weighted by atomic mass is 79.9. The van der Waals surface area contributed by atoms with Gasteiger partial charge in [0, 0.05) is 17.4 Å². The standard InChI is InChI=1S/C11H12BrClF3N/c1-2-3-8(12)5-10-9(13)4-7(6-17-10)11(14,15)16/h4,6,8H,2-3,5H2,1H3. The summed E-state index contributed by atoms with van der Waals surface area (Å²) in [7, 11) is 0. The minimum absolute atomic E-state index is 0.0698. The van der Waals surface area contributed by atoms with Gasteiger partial charge in [-0.25, -0.2) is 0 Å². The van der Waals surface area contributed by atoms with Gasteiger partial charge in [-0.1, -0.05) is 40.9 Å². The van der Waals surface area contributed by atoms with E-state index in [0.717, 1.165) is 25.1 Å². The molecule has 1 aromatic rings. The van der Waals surface area contributed by atoms with Gasteiger partial charge in [-0.2, -0.15) is 13.2 Å². The summed E-state index contributed by atoms with van der Waals surface area (Å²) in [5.74, 6) is 0. The van der Waals surface area contributed by atoms with Crippen LogP contribution in [0.2, 0.25) is 5.02 Å². The molecule has 1 aromatic heterocycles. The fourth-order valence-electron chi connectivity index (χ4n) is 1.40. The van der Waals surface area contributed by atoms with Gasteiger partial charge in [-0.15, -0.1) is 0 Å². The molecule has 1 heterocycles. The quantitative estimate of drug-likeness (QED) is 0.718. The summed E-state index contributed by atoms with van der Waals surface area (Å²) >= 11 is 9.24. The van der Waals surface area contributed by atoms with Crippen LogP contribution in [-0.2, 0) is 12.6 Å². The van der Waals surface area contributed by atoms with Gasteiger partial charge < -0.3 is 0 Å². The predicted molar refractivity (Wildman–Crippen MR) is 65.6 cm³/mol. The molecule has 0 aliphatic carbocycles. The zero-order valence-electron chi connectivity index (χ0n) is 9.19. The molecular formula is C11H12BrClF3N.